The third-order valence-corrected chi connectivity index (χ3v) is 8.37. The van der Waals surface area contributed by atoms with Crippen LogP contribution >= 0.6 is 0 Å². The van der Waals surface area contributed by atoms with Crippen LogP contribution in [0.4, 0.5) is 13.2 Å². The van der Waals surface area contributed by atoms with E-state index in [0.29, 0.717) is 5.92 Å². The summed E-state index contributed by atoms with van der Waals surface area (Å²) >= 11 is 0. The lowest BCUT2D eigenvalue weighted by Gasteiger charge is -2.25. The van der Waals surface area contributed by atoms with Crippen molar-refractivity contribution in [1.29, 1.82) is 0 Å². The monoisotopic (exact) mass is 622 g/mol. The summed E-state index contributed by atoms with van der Waals surface area (Å²) in [5, 5.41) is 9.87. The first kappa shape index (κ1) is 34.1. The van der Waals surface area contributed by atoms with Gasteiger partial charge in [0.2, 0.25) is 0 Å². The van der Waals surface area contributed by atoms with E-state index in [9.17, 15) is 13.2 Å². The number of hydrogen-bond acceptors (Lipinski definition) is 3. The second-order valence-electron chi connectivity index (χ2n) is 12.9. The van der Waals surface area contributed by atoms with E-state index in [1.54, 1.807) is 0 Å². The van der Waals surface area contributed by atoms with Crippen molar-refractivity contribution in [2.24, 2.45) is 0 Å². The minimum absolute atomic E-state index is 0.113. The van der Waals surface area contributed by atoms with Gasteiger partial charge >= 0.3 is 12.1 Å². The Labute approximate surface area is 263 Å². The zero-order chi connectivity index (χ0) is 33.1. The molecule has 6 nitrogen and oxygen atoms in total. The fraction of sp³-hybridized carbons (Fsp3) is 0.417. The number of aromatic nitrogens is 2. The number of alkyl halides is 3. The van der Waals surface area contributed by atoms with Gasteiger partial charge in [-0.15, -0.1) is 0 Å². The first-order chi connectivity index (χ1) is 21.1. The highest BCUT2D eigenvalue weighted by atomic mass is 19.4. The molecule has 5 rings (SSSR count). The van der Waals surface area contributed by atoms with Crippen molar-refractivity contribution in [1.82, 2.24) is 19.4 Å². The molecule has 1 aliphatic heterocycles. The van der Waals surface area contributed by atoms with Crippen molar-refractivity contribution in [2.45, 2.75) is 57.7 Å². The summed E-state index contributed by atoms with van der Waals surface area (Å²) in [5.41, 5.74) is 9.54. The summed E-state index contributed by atoms with van der Waals surface area (Å²) in [4.78, 5) is 17.2. The predicted molar refractivity (Wildman–Crippen MR) is 178 cm³/mol. The Kier molecular flexibility index (Phi) is 10.3. The van der Waals surface area contributed by atoms with Crippen LogP contribution in [0.1, 0.15) is 55.6 Å². The average molecular weight is 623 g/mol. The van der Waals surface area contributed by atoms with E-state index in [0.717, 1.165) is 32.4 Å². The van der Waals surface area contributed by atoms with E-state index in [2.05, 4.69) is 135 Å². The predicted octanol–water partition coefficient (Wildman–Crippen LogP) is 7.85. The van der Waals surface area contributed by atoms with Crippen LogP contribution in [0.25, 0.3) is 27.9 Å². The third kappa shape index (κ3) is 7.71. The SMILES string of the molecule is CC(C)=C[C@H]1C[C@](C)(/C=C/c2[nH]c3ccccc3c2CCN(C)C)n2c1c(CCN(C)C)c1ccccc12.O=C(O)C(F)(F)F. The molecule has 45 heavy (non-hydrogen) atoms. The number of allylic oxidation sites excluding steroid dienone is 3. The van der Waals surface area contributed by atoms with Crippen molar-refractivity contribution in [2.75, 3.05) is 41.3 Å². The van der Waals surface area contributed by atoms with Gasteiger partial charge in [0, 0.05) is 52.2 Å². The standard InChI is InChI=1S/C34H44N4.C2HF3O2/c1-24(2)22-25-23-34(3,38-32-15-11-9-13-28(32)29(33(25)38)18-21-37(6)7)19-16-31-27(17-20-36(4)5)26-12-8-10-14-30(26)35-31;3-2(4,5)1(6)7/h8-16,19,22,25,35H,17-18,20-21,23H2,1-7H3;(H,6,7)/b19-16+;/t25-,34-;/m0./s1. The second-order valence-corrected chi connectivity index (χ2v) is 12.9. The Morgan fingerprint density at radius 2 is 1.53 bits per heavy atom. The number of rotatable bonds is 9. The van der Waals surface area contributed by atoms with Crippen LogP contribution in [0.15, 0.2) is 66.3 Å². The van der Waals surface area contributed by atoms with Crippen molar-refractivity contribution in [3.8, 4) is 0 Å². The number of hydrogen-bond donors (Lipinski definition) is 2. The summed E-state index contributed by atoms with van der Waals surface area (Å²) in [6, 6.07) is 17.8. The number of carbonyl (C=O) groups is 1. The van der Waals surface area contributed by atoms with Gasteiger partial charge in [-0.3, -0.25) is 0 Å². The van der Waals surface area contributed by atoms with Gasteiger partial charge in [-0.05, 0) is 97.6 Å². The normalized spacial score (nSPS) is 18.2. The second kappa shape index (κ2) is 13.7. The highest BCUT2D eigenvalue weighted by Crippen LogP contribution is 2.49. The molecule has 2 aromatic heterocycles. The third-order valence-electron chi connectivity index (χ3n) is 8.37. The maximum Gasteiger partial charge on any atom is 0.490 e. The fourth-order valence-corrected chi connectivity index (χ4v) is 6.41. The number of H-pyrrole nitrogens is 1. The highest BCUT2D eigenvalue weighted by molar-refractivity contribution is 5.88. The van der Waals surface area contributed by atoms with E-state index in [-0.39, 0.29) is 5.54 Å². The van der Waals surface area contributed by atoms with Gasteiger partial charge in [0.15, 0.2) is 0 Å². The molecule has 0 saturated heterocycles. The van der Waals surface area contributed by atoms with Crippen LogP contribution in [-0.4, -0.2) is 77.9 Å². The van der Waals surface area contributed by atoms with Crippen LogP contribution in [0.2, 0.25) is 0 Å². The fourth-order valence-electron chi connectivity index (χ4n) is 6.41. The first-order valence-corrected chi connectivity index (χ1v) is 15.3. The van der Waals surface area contributed by atoms with Gasteiger partial charge in [-0.25, -0.2) is 4.79 Å². The molecule has 0 radical (unpaired) electrons. The molecule has 242 valence electrons. The molecule has 2 N–H and O–H groups in total. The average Bonchev–Trinajstić information content (AvgIpc) is 3.57. The van der Waals surface area contributed by atoms with Gasteiger partial charge in [-0.2, -0.15) is 13.2 Å². The quantitative estimate of drug-likeness (QED) is 0.187. The van der Waals surface area contributed by atoms with Gasteiger partial charge in [0.25, 0.3) is 0 Å². The number of carboxylic acid groups (broad SMARTS) is 1. The number of nitrogens with zero attached hydrogens (tertiary/aromatic N) is 3. The molecule has 1 aliphatic rings. The Morgan fingerprint density at radius 3 is 2.11 bits per heavy atom. The summed E-state index contributed by atoms with van der Waals surface area (Å²) in [5.74, 6) is -2.34. The number of benzene rings is 2. The molecule has 9 heteroatoms. The number of carboxylic acids is 1. The van der Waals surface area contributed by atoms with Crippen LogP contribution in [0.5, 0.6) is 0 Å². The van der Waals surface area contributed by atoms with E-state index in [1.807, 2.05) is 0 Å². The number of para-hydroxylation sites is 2. The number of fused-ring (bicyclic) bond motifs is 4. The number of halogens is 3. The van der Waals surface area contributed by atoms with Crippen LogP contribution in [0.3, 0.4) is 0 Å². The molecule has 4 aromatic rings. The molecule has 3 heterocycles. The molecular formula is C36H45F3N4O2. The Morgan fingerprint density at radius 1 is 0.978 bits per heavy atom. The molecule has 0 amide bonds. The first-order valence-electron chi connectivity index (χ1n) is 15.3. The highest BCUT2D eigenvalue weighted by Gasteiger charge is 2.41. The molecule has 2 atom stereocenters. The summed E-state index contributed by atoms with van der Waals surface area (Å²) in [6.07, 6.45) is 5.43. The lowest BCUT2D eigenvalue weighted by atomic mass is 9.88. The topological polar surface area (TPSA) is 64.5 Å². The lowest BCUT2D eigenvalue weighted by Crippen LogP contribution is -2.23. The van der Waals surface area contributed by atoms with E-state index >= 15 is 0 Å². The zero-order valence-electron chi connectivity index (χ0n) is 27.3. The van der Waals surface area contributed by atoms with Crippen molar-refractivity contribution in [3.05, 3.63) is 88.8 Å². The largest absolute Gasteiger partial charge is 0.490 e. The molecule has 2 aromatic carbocycles. The number of nitrogens with one attached hydrogen (secondary N) is 1. The summed E-state index contributed by atoms with van der Waals surface area (Å²) in [7, 11) is 8.65. The number of aromatic amines is 1. The molecule has 0 unspecified atom stereocenters. The summed E-state index contributed by atoms with van der Waals surface area (Å²) < 4.78 is 34.4. The van der Waals surface area contributed by atoms with Gasteiger partial charge in [0.05, 0.1) is 5.54 Å². The van der Waals surface area contributed by atoms with Gasteiger partial charge in [-0.1, -0.05) is 54.1 Å². The van der Waals surface area contributed by atoms with E-state index in [1.165, 1.54) is 49.9 Å². The van der Waals surface area contributed by atoms with Crippen molar-refractivity contribution < 1.29 is 23.1 Å². The Balaban J connectivity index is 0.000000591. The molecule has 0 bridgehead atoms. The Bertz CT molecular complexity index is 1710. The summed E-state index contributed by atoms with van der Waals surface area (Å²) in [6.45, 7) is 8.98. The van der Waals surface area contributed by atoms with E-state index < -0.39 is 12.1 Å². The van der Waals surface area contributed by atoms with Gasteiger partial charge < -0.3 is 24.5 Å². The molecule has 0 spiro atoms. The number of aliphatic carboxylic acids is 1. The molecule has 0 saturated carbocycles. The lowest BCUT2D eigenvalue weighted by molar-refractivity contribution is -0.192. The van der Waals surface area contributed by atoms with Gasteiger partial charge in [0.1, 0.15) is 0 Å². The number of likely N-dealkylation sites (N-methyl/N-ethyl adjacent to an activating group) is 2. The van der Waals surface area contributed by atoms with Crippen LogP contribution < -0.4 is 0 Å². The minimum Gasteiger partial charge on any atom is -0.475 e. The van der Waals surface area contributed by atoms with Crippen LogP contribution in [-0.2, 0) is 23.2 Å². The van der Waals surface area contributed by atoms with Crippen molar-refractivity contribution in [3.63, 3.8) is 0 Å². The maximum absolute atomic E-state index is 10.6. The molecule has 0 fully saturated rings. The smallest absolute Gasteiger partial charge is 0.475 e. The van der Waals surface area contributed by atoms with E-state index in [4.69, 9.17) is 9.90 Å². The molecule has 0 aliphatic carbocycles. The Hall–Kier alpha value is -3.82. The zero-order valence-corrected chi connectivity index (χ0v) is 27.3. The maximum atomic E-state index is 10.6. The minimum atomic E-state index is -5.08. The van der Waals surface area contributed by atoms with Crippen LogP contribution in [0, 0.1) is 0 Å². The van der Waals surface area contributed by atoms with Crippen molar-refractivity contribution >= 4 is 33.9 Å². The molecular weight excluding hydrogens is 577 g/mol.